The molecule has 0 aliphatic carbocycles. The Balaban J connectivity index is 2.20. The zero-order valence-electron chi connectivity index (χ0n) is 8.84. The van der Waals surface area contributed by atoms with Crippen molar-refractivity contribution in [2.75, 3.05) is 6.54 Å². The van der Waals surface area contributed by atoms with E-state index in [2.05, 4.69) is 21.2 Å². The minimum Gasteiger partial charge on any atom is -0.301 e. The van der Waals surface area contributed by atoms with Gasteiger partial charge in [0.25, 0.3) is 5.91 Å². The largest absolute Gasteiger partial charge is 0.301 e. The Kier molecular flexibility index (Phi) is 3.56. The van der Waals surface area contributed by atoms with Gasteiger partial charge in [-0.05, 0) is 17.7 Å². The average molecular weight is 299 g/mol. The predicted octanol–water partition coefficient (Wildman–Crippen LogP) is 0.879. The molecule has 2 atom stereocenters. The van der Waals surface area contributed by atoms with E-state index in [9.17, 15) is 14.8 Å². The van der Waals surface area contributed by atoms with E-state index in [0.29, 0.717) is 17.9 Å². The third-order valence-corrected chi connectivity index (χ3v) is 3.24. The van der Waals surface area contributed by atoms with Crippen molar-refractivity contribution in [3.05, 3.63) is 34.3 Å². The number of hydroxylamine groups is 2. The molecule has 1 amide bonds. The summed E-state index contributed by atoms with van der Waals surface area (Å²) in [5.41, 5.74) is 0.806. The molecule has 2 N–H and O–H groups in total. The monoisotopic (exact) mass is 298 g/mol. The van der Waals surface area contributed by atoms with Crippen molar-refractivity contribution < 1.29 is 14.8 Å². The molecule has 0 radical (unpaired) electrons. The average Bonchev–Trinajstić information content (AvgIpc) is 2.34. The molecular weight excluding hydrogens is 288 g/mol. The predicted molar refractivity (Wildman–Crippen MR) is 63.4 cm³/mol. The van der Waals surface area contributed by atoms with Gasteiger partial charge in [-0.15, -0.1) is 0 Å². The molecule has 1 fully saturated rings. The van der Waals surface area contributed by atoms with Gasteiger partial charge in [0, 0.05) is 11.0 Å². The number of rotatable bonds is 2. The van der Waals surface area contributed by atoms with Crippen LogP contribution in [0.25, 0.3) is 0 Å². The Morgan fingerprint density at radius 3 is 2.65 bits per heavy atom. The van der Waals surface area contributed by atoms with Gasteiger partial charge in [0.05, 0.1) is 6.04 Å². The summed E-state index contributed by atoms with van der Waals surface area (Å²) < 4.78 is 0.923. The first-order valence-corrected chi connectivity index (χ1v) is 5.89. The highest BCUT2D eigenvalue weighted by Gasteiger charge is 2.34. The molecule has 6 heteroatoms. The van der Waals surface area contributed by atoms with Crippen molar-refractivity contribution in [2.24, 2.45) is 0 Å². The summed E-state index contributed by atoms with van der Waals surface area (Å²) >= 11 is 3.31. The van der Waals surface area contributed by atoms with Crippen LogP contribution < -0.4 is 5.32 Å². The molecule has 2 rings (SSSR count). The second-order valence-corrected chi connectivity index (χ2v) is 4.69. The first-order valence-electron chi connectivity index (χ1n) is 5.09. The van der Waals surface area contributed by atoms with E-state index in [4.69, 9.17) is 0 Å². The van der Waals surface area contributed by atoms with Crippen molar-refractivity contribution >= 4 is 28.1 Å². The van der Waals surface area contributed by atoms with Gasteiger partial charge in [0.2, 0.25) is 0 Å². The van der Waals surface area contributed by atoms with Crippen molar-refractivity contribution in [3.63, 3.8) is 0 Å². The molecule has 5 nitrogen and oxygen atoms in total. The third kappa shape index (κ3) is 2.38. The van der Waals surface area contributed by atoms with E-state index in [-0.39, 0.29) is 0 Å². The first-order chi connectivity index (χ1) is 8.13. The maximum Gasteiger partial charge on any atom is 0.271 e. The van der Waals surface area contributed by atoms with E-state index in [1.165, 1.54) is 0 Å². The van der Waals surface area contributed by atoms with Crippen LogP contribution in [0.1, 0.15) is 11.6 Å². The van der Waals surface area contributed by atoms with Crippen LogP contribution in [-0.4, -0.2) is 35.1 Å². The molecule has 17 heavy (non-hydrogen) atoms. The molecule has 1 aromatic rings. The second kappa shape index (κ2) is 4.95. The van der Waals surface area contributed by atoms with Crippen LogP contribution in [0.3, 0.4) is 0 Å². The van der Waals surface area contributed by atoms with Crippen LogP contribution in [0.15, 0.2) is 28.7 Å². The lowest BCUT2D eigenvalue weighted by Crippen LogP contribution is -2.55. The van der Waals surface area contributed by atoms with Crippen LogP contribution >= 0.6 is 15.9 Å². The Hall–Kier alpha value is -1.24. The number of hydrogen-bond donors (Lipinski definition) is 2. The summed E-state index contributed by atoms with van der Waals surface area (Å²) in [5.74, 6) is -0.626. The van der Waals surface area contributed by atoms with Crippen molar-refractivity contribution in [2.45, 2.75) is 12.1 Å². The molecule has 1 heterocycles. The lowest BCUT2D eigenvalue weighted by molar-refractivity contribution is -0.184. The first kappa shape index (κ1) is 12.2. The lowest BCUT2D eigenvalue weighted by Gasteiger charge is -2.33. The quantitative estimate of drug-likeness (QED) is 0.483. The molecule has 1 aliphatic rings. The van der Waals surface area contributed by atoms with Gasteiger partial charge in [-0.1, -0.05) is 28.1 Å². The number of halogens is 1. The molecule has 0 saturated carbocycles. The summed E-state index contributed by atoms with van der Waals surface area (Å²) in [6, 6.07) is 5.87. The Bertz CT molecular complexity index is 435. The fourth-order valence-corrected chi connectivity index (χ4v) is 2.02. The van der Waals surface area contributed by atoms with Crippen LogP contribution in [0.5, 0.6) is 0 Å². The normalized spacial score (nSPS) is 24.8. The fraction of sp³-hybridized carbons (Fsp3) is 0.273. The summed E-state index contributed by atoms with van der Waals surface area (Å²) in [7, 11) is 0. The van der Waals surface area contributed by atoms with Gasteiger partial charge < -0.3 is 4.79 Å². The molecule has 2 unspecified atom stereocenters. The molecule has 1 aliphatic heterocycles. The molecule has 1 saturated heterocycles. The smallest absolute Gasteiger partial charge is 0.271 e. The van der Waals surface area contributed by atoms with Crippen LogP contribution in [0.2, 0.25) is 0 Å². The van der Waals surface area contributed by atoms with Crippen LogP contribution in [-0.2, 0) is 9.59 Å². The number of hydrogen-bond acceptors (Lipinski definition) is 4. The summed E-state index contributed by atoms with van der Waals surface area (Å²) in [5, 5.41) is 13.1. The van der Waals surface area contributed by atoms with E-state index in [1.54, 1.807) is 0 Å². The molecule has 1 aromatic carbocycles. The Morgan fingerprint density at radius 2 is 2.06 bits per heavy atom. The van der Waals surface area contributed by atoms with Gasteiger partial charge in [-0.2, -0.15) is 0 Å². The van der Waals surface area contributed by atoms with Crippen molar-refractivity contribution in [3.8, 4) is 0 Å². The van der Waals surface area contributed by atoms with Crippen molar-refractivity contribution in [1.82, 2.24) is 10.4 Å². The molecular formula is C11H11BrN2O3. The van der Waals surface area contributed by atoms with Gasteiger partial charge in [0.15, 0.2) is 0 Å². The summed E-state index contributed by atoms with van der Waals surface area (Å²) in [6.07, 6.45) is 0.489. The highest BCUT2D eigenvalue weighted by Crippen LogP contribution is 2.23. The number of amides is 1. The highest BCUT2D eigenvalue weighted by atomic mass is 79.9. The number of carbonyl (C=O) groups excluding carboxylic acids is 2. The second-order valence-electron chi connectivity index (χ2n) is 3.77. The summed E-state index contributed by atoms with van der Waals surface area (Å²) in [4.78, 5) is 22.2. The third-order valence-electron chi connectivity index (χ3n) is 2.71. The lowest BCUT2D eigenvalue weighted by atomic mass is 10.0. The Morgan fingerprint density at radius 1 is 1.41 bits per heavy atom. The standard InChI is InChI=1S/C11H11BrN2O3/c12-8-3-1-7(2-4-8)10-5-13-9(6-15)11(16)14(10)17/h1-4,6,9-10,13,17H,5H2. The number of piperazine rings is 1. The van der Waals surface area contributed by atoms with E-state index >= 15 is 0 Å². The van der Waals surface area contributed by atoms with Crippen LogP contribution in [0, 0.1) is 0 Å². The topological polar surface area (TPSA) is 69.6 Å². The molecule has 0 bridgehead atoms. The van der Waals surface area contributed by atoms with Gasteiger partial charge in [-0.3, -0.25) is 15.3 Å². The number of nitrogens with one attached hydrogen (secondary N) is 1. The van der Waals surface area contributed by atoms with Crippen LogP contribution in [0.4, 0.5) is 0 Å². The zero-order valence-corrected chi connectivity index (χ0v) is 10.4. The van der Waals surface area contributed by atoms with E-state index < -0.39 is 18.0 Å². The molecule has 0 aromatic heterocycles. The van der Waals surface area contributed by atoms with Gasteiger partial charge >= 0.3 is 0 Å². The zero-order chi connectivity index (χ0) is 12.4. The SMILES string of the molecule is O=CC1NCC(c2ccc(Br)cc2)N(O)C1=O. The number of nitrogens with zero attached hydrogens (tertiary/aromatic N) is 1. The maximum atomic E-state index is 11.6. The molecule has 90 valence electrons. The minimum atomic E-state index is -0.952. The number of carbonyl (C=O) groups is 2. The minimum absolute atomic E-state index is 0.341. The number of aldehydes is 1. The van der Waals surface area contributed by atoms with Gasteiger partial charge in [-0.25, -0.2) is 5.06 Å². The van der Waals surface area contributed by atoms with Crippen molar-refractivity contribution in [1.29, 1.82) is 0 Å². The van der Waals surface area contributed by atoms with Gasteiger partial charge in [0.1, 0.15) is 12.3 Å². The number of benzene rings is 1. The van der Waals surface area contributed by atoms with E-state index in [1.807, 2.05) is 24.3 Å². The summed E-state index contributed by atoms with van der Waals surface area (Å²) in [6.45, 7) is 0.341. The highest BCUT2D eigenvalue weighted by molar-refractivity contribution is 9.10. The molecule has 0 spiro atoms. The Labute approximate surface area is 106 Å². The fourth-order valence-electron chi connectivity index (χ4n) is 1.76. The maximum absolute atomic E-state index is 11.6. The van der Waals surface area contributed by atoms with E-state index in [0.717, 1.165) is 10.0 Å².